The third-order valence-corrected chi connectivity index (χ3v) is 2.93. The maximum atomic E-state index is 11.7. The molecule has 1 aromatic rings. The van der Waals surface area contributed by atoms with Crippen molar-refractivity contribution >= 4 is 11.7 Å². The monoisotopic (exact) mass is 281 g/mol. The Hall–Kier alpha value is -2.11. The van der Waals surface area contributed by atoms with Gasteiger partial charge in [0.05, 0.1) is 12.0 Å². The van der Waals surface area contributed by atoms with Gasteiger partial charge in [-0.05, 0) is 25.3 Å². The van der Waals surface area contributed by atoms with E-state index >= 15 is 0 Å². The van der Waals surface area contributed by atoms with Gasteiger partial charge in [-0.2, -0.15) is 0 Å². The molecule has 0 saturated carbocycles. The molecule has 0 aliphatic heterocycles. The molecular weight excluding hydrogens is 262 g/mol. The lowest BCUT2D eigenvalue weighted by atomic mass is 10.1. The van der Waals surface area contributed by atoms with E-state index in [1.165, 1.54) is 13.2 Å². The molecule has 20 heavy (non-hydrogen) atoms. The zero-order valence-corrected chi connectivity index (χ0v) is 11.9. The number of esters is 1. The molecule has 6 nitrogen and oxygen atoms in total. The summed E-state index contributed by atoms with van der Waals surface area (Å²) in [4.78, 5) is 22.2. The van der Waals surface area contributed by atoms with Crippen LogP contribution in [0.4, 0.5) is 5.69 Å². The largest absolute Gasteiger partial charge is 0.471 e. The number of carbonyl (C=O) groups is 1. The predicted octanol–water partition coefficient (Wildman–Crippen LogP) is 3.01. The van der Waals surface area contributed by atoms with Gasteiger partial charge in [-0.15, -0.1) is 0 Å². The SMILES string of the molecule is CCCCC(Oc1c(C)cccc1[N+](=O)[O-])C(=O)OC. The number of benzene rings is 1. The maximum absolute atomic E-state index is 11.7. The number of carbonyl (C=O) groups excluding carboxylic acids is 1. The van der Waals surface area contributed by atoms with Gasteiger partial charge in [-0.3, -0.25) is 10.1 Å². The minimum atomic E-state index is -0.820. The first-order valence-corrected chi connectivity index (χ1v) is 6.49. The zero-order chi connectivity index (χ0) is 15.1. The topological polar surface area (TPSA) is 78.7 Å². The Kier molecular flexibility index (Phi) is 5.96. The Morgan fingerprint density at radius 3 is 2.70 bits per heavy atom. The van der Waals surface area contributed by atoms with E-state index in [0.717, 1.165) is 12.8 Å². The summed E-state index contributed by atoms with van der Waals surface area (Å²) >= 11 is 0. The highest BCUT2D eigenvalue weighted by molar-refractivity contribution is 5.75. The number of nitro benzene ring substituents is 1. The van der Waals surface area contributed by atoms with Crippen LogP contribution in [0, 0.1) is 17.0 Å². The molecule has 0 heterocycles. The quantitative estimate of drug-likeness (QED) is 0.436. The number of nitrogens with zero attached hydrogens (tertiary/aromatic N) is 1. The van der Waals surface area contributed by atoms with Gasteiger partial charge < -0.3 is 9.47 Å². The molecule has 6 heteroatoms. The average molecular weight is 281 g/mol. The normalized spacial score (nSPS) is 11.8. The van der Waals surface area contributed by atoms with Gasteiger partial charge in [0.25, 0.3) is 0 Å². The van der Waals surface area contributed by atoms with Gasteiger partial charge in [0, 0.05) is 6.07 Å². The lowest BCUT2D eigenvalue weighted by molar-refractivity contribution is -0.386. The number of nitro groups is 1. The molecule has 0 saturated heterocycles. The standard InChI is InChI=1S/C14H19NO5/c1-4-5-9-12(14(16)19-3)20-13-10(2)7-6-8-11(13)15(17)18/h6-8,12H,4-5,9H2,1-3H3. The average Bonchev–Trinajstić information content (AvgIpc) is 2.43. The van der Waals surface area contributed by atoms with Crippen molar-refractivity contribution in [2.24, 2.45) is 0 Å². The number of para-hydroxylation sites is 1. The summed E-state index contributed by atoms with van der Waals surface area (Å²) in [5, 5.41) is 11.0. The van der Waals surface area contributed by atoms with E-state index in [1.54, 1.807) is 19.1 Å². The van der Waals surface area contributed by atoms with Crippen LogP contribution in [0.25, 0.3) is 0 Å². The summed E-state index contributed by atoms with van der Waals surface area (Å²) in [5.74, 6) is -0.389. The van der Waals surface area contributed by atoms with E-state index in [-0.39, 0.29) is 11.4 Å². The van der Waals surface area contributed by atoms with Crippen molar-refractivity contribution in [1.29, 1.82) is 0 Å². The number of methoxy groups -OCH3 is 1. The van der Waals surface area contributed by atoms with Crippen molar-refractivity contribution in [3.63, 3.8) is 0 Å². The summed E-state index contributed by atoms with van der Waals surface area (Å²) in [6.45, 7) is 3.70. The van der Waals surface area contributed by atoms with E-state index in [9.17, 15) is 14.9 Å². The van der Waals surface area contributed by atoms with Gasteiger partial charge in [0.1, 0.15) is 0 Å². The van der Waals surface area contributed by atoms with Crippen molar-refractivity contribution in [3.8, 4) is 5.75 Å². The fraction of sp³-hybridized carbons (Fsp3) is 0.500. The molecule has 0 radical (unpaired) electrons. The summed E-state index contributed by atoms with van der Waals surface area (Å²) < 4.78 is 10.3. The van der Waals surface area contributed by atoms with E-state index in [4.69, 9.17) is 4.74 Å². The van der Waals surface area contributed by atoms with E-state index in [1.807, 2.05) is 6.92 Å². The fourth-order valence-corrected chi connectivity index (χ4v) is 1.82. The van der Waals surface area contributed by atoms with Crippen molar-refractivity contribution in [1.82, 2.24) is 0 Å². The summed E-state index contributed by atoms with van der Waals surface area (Å²) in [6, 6.07) is 4.65. The minimum absolute atomic E-state index is 0.129. The second-order valence-electron chi connectivity index (χ2n) is 4.45. The Morgan fingerprint density at radius 1 is 1.45 bits per heavy atom. The lowest BCUT2D eigenvalue weighted by Gasteiger charge is -2.17. The zero-order valence-electron chi connectivity index (χ0n) is 11.9. The first kappa shape index (κ1) is 15.9. The molecule has 1 atom stereocenters. The lowest BCUT2D eigenvalue weighted by Crippen LogP contribution is -2.29. The number of ether oxygens (including phenoxy) is 2. The summed E-state index contributed by atoms with van der Waals surface area (Å²) in [5.41, 5.74) is 0.472. The summed E-state index contributed by atoms with van der Waals surface area (Å²) in [6.07, 6.45) is 1.32. The van der Waals surface area contributed by atoms with Gasteiger partial charge >= 0.3 is 11.7 Å². The van der Waals surface area contributed by atoms with Gasteiger partial charge in [-0.1, -0.05) is 25.5 Å². The number of hydrogen-bond donors (Lipinski definition) is 0. The molecule has 0 aliphatic rings. The van der Waals surface area contributed by atoms with Gasteiger partial charge in [0.2, 0.25) is 5.75 Å². The Bertz CT molecular complexity index is 486. The van der Waals surface area contributed by atoms with Crippen molar-refractivity contribution in [3.05, 3.63) is 33.9 Å². The second kappa shape index (κ2) is 7.47. The van der Waals surface area contributed by atoms with Crippen LogP contribution < -0.4 is 4.74 Å². The van der Waals surface area contributed by atoms with Crippen LogP contribution in [0.15, 0.2) is 18.2 Å². The fourth-order valence-electron chi connectivity index (χ4n) is 1.82. The third-order valence-electron chi connectivity index (χ3n) is 2.93. The molecule has 0 aromatic heterocycles. The van der Waals surface area contributed by atoms with Crippen molar-refractivity contribution < 1.29 is 19.2 Å². The third kappa shape index (κ3) is 3.94. The van der Waals surface area contributed by atoms with Crippen LogP contribution >= 0.6 is 0 Å². The smallest absolute Gasteiger partial charge is 0.347 e. The molecule has 0 amide bonds. The van der Waals surface area contributed by atoms with Crippen molar-refractivity contribution in [2.45, 2.75) is 39.2 Å². The van der Waals surface area contributed by atoms with E-state index < -0.39 is 17.0 Å². The molecular formula is C14H19NO5. The summed E-state index contributed by atoms with van der Waals surface area (Å²) in [7, 11) is 1.27. The first-order valence-electron chi connectivity index (χ1n) is 6.49. The highest BCUT2D eigenvalue weighted by Gasteiger charge is 2.26. The van der Waals surface area contributed by atoms with Crippen LogP contribution in [0.5, 0.6) is 5.75 Å². The molecule has 0 N–H and O–H groups in total. The van der Waals surface area contributed by atoms with Gasteiger partial charge in [-0.25, -0.2) is 4.79 Å². The molecule has 1 aromatic carbocycles. The van der Waals surface area contributed by atoms with Crippen LogP contribution in [0.2, 0.25) is 0 Å². The molecule has 0 aliphatic carbocycles. The Labute approximate surface area is 117 Å². The minimum Gasteiger partial charge on any atom is -0.471 e. The highest BCUT2D eigenvalue weighted by Crippen LogP contribution is 2.31. The number of hydrogen-bond acceptors (Lipinski definition) is 5. The number of unbranched alkanes of at least 4 members (excludes halogenated alkanes) is 1. The second-order valence-corrected chi connectivity index (χ2v) is 4.45. The number of aryl methyl sites for hydroxylation is 1. The molecule has 1 unspecified atom stereocenters. The Balaban J connectivity index is 3.03. The molecule has 0 bridgehead atoms. The maximum Gasteiger partial charge on any atom is 0.347 e. The first-order chi connectivity index (χ1) is 9.51. The van der Waals surface area contributed by atoms with Crippen LogP contribution in [-0.2, 0) is 9.53 Å². The van der Waals surface area contributed by atoms with Crippen molar-refractivity contribution in [2.75, 3.05) is 7.11 Å². The molecule has 0 spiro atoms. The van der Waals surface area contributed by atoms with E-state index in [2.05, 4.69) is 4.74 Å². The Morgan fingerprint density at radius 2 is 2.15 bits per heavy atom. The number of rotatable bonds is 7. The van der Waals surface area contributed by atoms with Crippen LogP contribution in [0.3, 0.4) is 0 Å². The molecule has 110 valence electrons. The highest BCUT2D eigenvalue weighted by atomic mass is 16.6. The van der Waals surface area contributed by atoms with Crippen LogP contribution in [-0.4, -0.2) is 24.1 Å². The molecule has 1 rings (SSSR count). The predicted molar refractivity (Wildman–Crippen MR) is 73.8 cm³/mol. The van der Waals surface area contributed by atoms with Gasteiger partial charge in [0.15, 0.2) is 6.10 Å². The molecule has 0 fully saturated rings. The van der Waals surface area contributed by atoms with Crippen LogP contribution in [0.1, 0.15) is 31.7 Å². The van der Waals surface area contributed by atoms with E-state index in [0.29, 0.717) is 12.0 Å².